The summed E-state index contributed by atoms with van der Waals surface area (Å²) in [6, 6.07) is 0. The Morgan fingerprint density at radius 2 is 1.14 bits per heavy atom. The second-order valence-corrected chi connectivity index (χ2v) is 7.46. The number of esters is 2. The van der Waals surface area contributed by atoms with Crippen molar-refractivity contribution in [3.05, 3.63) is 36.5 Å². The zero-order valence-corrected chi connectivity index (χ0v) is 22.4. The molecule has 0 aromatic carbocycles. The van der Waals surface area contributed by atoms with Gasteiger partial charge in [0, 0.05) is 32.3 Å². The first-order chi connectivity index (χ1) is 17.6. The third kappa shape index (κ3) is 33.0. The largest absolute Gasteiger partial charge is 0.469 e. The number of aliphatic hydroxyl groups is 1. The van der Waals surface area contributed by atoms with E-state index in [0.29, 0.717) is 32.1 Å². The maximum Gasteiger partial charge on any atom is 0.305 e. The van der Waals surface area contributed by atoms with Crippen molar-refractivity contribution in [2.75, 3.05) is 20.8 Å². The molecule has 0 aromatic rings. The Morgan fingerprint density at radius 1 is 0.667 bits per heavy atom. The van der Waals surface area contributed by atoms with E-state index in [1.165, 1.54) is 14.2 Å². The van der Waals surface area contributed by atoms with Gasteiger partial charge in [-0.1, -0.05) is 67.1 Å². The predicted octanol–water partition coefficient (Wildman–Crippen LogP) is 6.08. The highest BCUT2D eigenvalue weighted by molar-refractivity contribution is 5.69. The smallest absolute Gasteiger partial charge is 0.305 e. The van der Waals surface area contributed by atoms with Crippen LogP contribution in [0.1, 0.15) is 90.4 Å². The van der Waals surface area contributed by atoms with Crippen LogP contribution in [-0.4, -0.2) is 37.9 Å². The normalized spacial score (nSPS) is 9.89. The standard InChI is InChI=1S/C16H20O2.C15H24O3/c1-3-4-5-6-7-8-9-10-11-12-13-14-15-16(17)18-2;1-18-15(17)13-11-9-7-5-3-2-4-6-8-10-12-14-16/h3-4,7,10,13-15H2,1-2H3;2,4-5,7-8,10,16H,3,6,9,11-14H2,1H3/b;4-2-,7-5-,10-8-. The van der Waals surface area contributed by atoms with Gasteiger partial charge < -0.3 is 14.6 Å². The molecule has 0 bridgehead atoms. The van der Waals surface area contributed by atoms with Crippen molar-refractivity contribution in [3.63, 3.8) is 0 Å². The maximum atomic E-state index is 10.8. The van der Waals surface area contributed by atoms with Gasteiger partial charge in [-0.25, -0.2) is 0 Å². The molecular weight excluding hydrogens is 452 g/mol. The van der Waals surface area contributed by atoms with E-state index in [1.807, 2.05) is 12.2 Å². The van der Waals surface area contributed by atoms with Gasteiger partial charge in [-0.2, -0.15) is 0 Å². The van der Waals surface area contributed by atoms with Crippen LogP contribution in [0.2, 0.25) is 0 Å². The number of carbonyl (C=O) groups is 2. The van der Waals surface area contributed by atoms with Crippen LogP contribution in [-0.2, 0) is 19.1 Å². The Kier molecular flexibility index (Phi) is 30.9. The lowest BCUT2D eigenvalue weighted by atomic mass is 10.2. The highest BCUT2D eigenvalue weighted by atomic mass is 16.5. The van der Waals surface area contributed by atoms with Crippen molar-refractivity contribution >= 4 is 11.9 Å². The van der Waals surface area contributed by atoms with Gasteiger partial charge in [0.15, 0.2) is 0 Å². The lowest BCUT2D eigenvalue weighted by Crippen LogP contribution is -1.98. The fourth-order valence-corrected chi connectivity index (χ4v) is 2.38. The van der Waals surface area contributed by atoms with Gasteiger partial charge in [-0.15, -0.1) is 11.8 Å². The van der Waals surface area contributed by atoms with Gasteiger partial charge in [0.05, 0.1) is 27.1 Å². The quantitative estimate of drug-likeness (QED) is 0.137. The lowest BCUT2D eigenvalue weighted by Gasteiger charge is -1.95. The summed E-state index contributed by atoms with van der Waals surface area (Å²) in [5.41, 5.74) is 0. The average molecular weight is 497 g/mol. The van der Waals surface area contributed by atoms with Crippen molar-refractivity contribution in [2.45, 2.75) is 90.4 Å². The molecule has 0 unspecified atom stereocenters. The topological polar surface area (TPSA) is 72.8 Å². The van der Waals surface area contributed by atoms with Gasteiger partial charge in [0.25, 0.3) is 0 Å². The Labute approximate surface area is 219 Å². The molecule has 0 atom stereocenters. The van der Waals surface area contributed by atoms with Gasteiger partial charge in [0.2, 0.25) is 0 Å². The van der Waals surface area contributed by atoms with Crippen LogP contribution >= 0.6 is 0 Å². The van der Waals surface area contributed by atoms with E-state index in [2.05, 4.69) is 76.2 Å². The van der Waals surface area contributed by atoms with Crippen LogP contribution < -0.4 is 0 Å². The zero-order valence-electron chi connectivity index (χ0n) is 22.4. The summed E-state index contributed by atoms with van der Waals surface area (Å²) < 4.78 is 9.08. The second-order valence-electron chi connectivity index (χ2n) is 7.46. The molecule has 0 aliphatic rings. The first-order valence-electron chi connectivity index (χ1n) is 12.7. The minimum absolute atomic E-state index is 0.141. The lowest BCUT2D eigenvalue weighted by molar-refractivity contribution is -0.141. The summed E-state index contributed by atoms with van der Waals surface area (Å²) in [4.78, 5) is 21.6. The third-order valence-electron chi connectivity index (χ3n) is 4.33. The SMILES string of the molecule is CCCC#CCC#CCC#CCCCC(=O)OC.COC(=O)CCC/C=C\C/C=C\C/C=C\CCO. The van der Waals surface area contributed by atoms with Crippen molar-refractivity contribution in [1.29, 1.82) is 0 Å². The van der Waals surface area contributed by atoms with E-state index in [1.54, 1.807) is 0 Å². The van der Waals surface area contributed by atoms with Gasteiger partial charge >= 0.3 is 11.9 Å². The summed E-state index contributed by atoms with van der Waals surface area (Å²) >= 11 is 0. The monoisotopic (exact) mass is 496 g/mol. The van der Waals surface area contributed by atoms with Crippen LogP contribution in [0.4, 0.5) is 0 Å². The Hall–Kier alpha value is -3.20. The highest BCUT2D eigenvalue weighted by Gasteiger charge is 1.97. The number of carbonyl (C=O) groups excluding carboxylic acids is 2. The van der Waals surface area contributed by atoms with Crippen molar-refractivity contribution < 1.29 is 24.2 Å². The fraction of sp³-hybridized carbons (Fsp3) is 0.548. The number of ether oxygens (including phenoxy) is 2. The number of allylic oxidation sites excluding steroid dienone is 5. The molecule has 0 heterocycles. The summed E-state index contributed by atoms with van der Waals surface area (Å²) in [6.07, 6.45) is 22.4. The molecule has 1 N–H and O–H groups in total. The van der Waals surface area contributed by atoms with Crippen LogP contribution in [0.3, 0.4) is 0 Å². The molecule has 0 saturated carbocycles. The minimum atomic E-state index is -0.178. The van der Waals surface area contributed by atoms with Crippen LogP contribution in [0.25, 0.3) is 0 Å². The molecule has 0 aromatic heterocycles. The molecular formula is C31H44O5. The van der Waals surface area contributed by atoms with Crippen LogP contribution in [0.5, 0.6) is 0 Å². The summed E-state index contributed by atoms with van der Waals surface area (Å²) in [5, 5.41) is 8.55. The zero-order chi connectivity index (χ0) is 27.0. The van der Waals surface area contributed by atoms with E-state index in [0.717, 1.165) is 51.4 Å². The van der Waals surface area contributed by atoms with E-state index in [-0.39, 0.29) is 18.5 Å². The van der Waals surface area contributed by atoms with Crippen molar-refractivity contribution in [2.24, 2.45) is 0 Å². The van der Waals surface area contributed by atoms with E-state index >= 15 is 0 Å². The molecule has 0 amide bonds. The second kappa shape index (κ2) is 31.8. The predicted molar refractivity (Wildman–Crippen MR) is 148 cm³/mol. The van der Waals surface area contributed by atoms with Crippen molar-refractivity contribution in [3.8, 4) is 35.5 Å². The molecule has 0 radical (unpaired) electrons. The number of aliphatic hydroxyl groups excluding tert-OH is 1. The van der Waals surface area contributed by atoms with Gasteiger partial charge in [-0.05, 0) is 44.9 Å². The molecule has 5 heteroatoms. The molecule has 198 valence electrons. The van der Waals surface area contributed by atoms with Gasteiger partial charge in [0.1, 0.15) is 0 Å². The van der Waals surface area contributed by atoms with Crippen LogP contribution in [0, 0.1) is 35.5 Å². The third-order valence-corrected chi connectivity index (χ3v) is 4.33. The van der Waals surface area contributed by atoms with Crippen molar-refractivity contribution in [1.82, 2.24) is 0 Å². The highest BCUT2D eigenvalue weighted by Crippen LogP contribution is 2.00. The molecule has 0 spiro atoms. The molecule has 0 fully saturated rings. The average Bonchev–Trinajstić information content (AvgIpc) is 2.89. The number of rotatable bonds is 14. The Morgan fingerprint density at radius 3 is 1.67 bits per heavy atom. The molecule has 36 heavy (non-hydrogen) atoms. The molecule has 0 rings (SSSR count). The van der Waals surface area contributed by atoms with E-state index in [4.69, 9.17) is 5.11 Å². The number of hydrogen-bond acceptors (Lipinski definition) is 5. The number of unbranched alkanes of at least 4 members (excludes halogenated alkanes) is 3. The van der Waals surface area contributed by atoms with E-state index < -0.39 is 0 Å². The molecule has 5 nitrogen and oxygen atoms in total. The summed E-state index contributed by atoms with van der Waals surface area (Å²) in [6.45, 7) is 2.32. The summed E-state index contributed by atoms with van der Waals surface area (Å²) in [5.74, 6) is 17.6. The van der Waals surface area contributed by atoms with Gasteiger partial charge in [-0.3, -0.25) is 9.59 Å². The fourth-order valence-electron chi connectivity index (χ4n) is 2.38. The minimum Gasteiger partial charge on any atom is -0.469 e. The molecule has 0 aliphatic heterocycles. The summed E-state index contributed by atoms with van der Waals surface area (Å²) in [7, 11) is 2.81. The van der Waals surface area contributed by atoms with E-state index in [9.17, 15) is 9.59 Å². The first kappa shape index (κ1) is 35.0. The van der Waals surface area contributed by atoms with Crippen LogP contribution in [0.15, 0.2) is 36.5 Å². The molecule has 0 aliphatic carbocycles. The first-order valence-corrected chi connectivity index (χ1v) is 12.7. The number of methoxy groups -OCH3 is 2. The Bertz CT molecular complexity index is 816. The Balaban J connectivity index is 0. The maximum absolute atomic E-state index is 10.8. The number of hydrogen-bond donors (Lipinski definition) is 1. The molecule has 0 saturated heterocycles.